The van der Waals surface area contributed by atoms with Gasteiger partial charge >= 0.3 is 17.9 Å². The summed E-state index contributed by atoms with van der Waals surface area (Å²) in [4.78, 5) is 37.5. The van der Waals surface area contributed by atoms with E-state index in [-0.39, 0.29) is 32.2 Å². The van der Waals surface area contributed by atoms with E-state index in [0.717, 1.165) is 89.9 Å². The van der Waals surface area contributed by atoms with Crippen molar-refractivity contribution in [2.45, 2.75) is 270 Å². The number of rotatable bonds is 56. The van der Waals surface area contributed by atoms with Crippen molar-refractivity contribution in [1.29, 1.82) is 0 Å². The Labute approximate surface area is 461 Å². The van der Waals surface area contributed by atoms with Gasteiger partial charge in [-0.25, -0.2) is 4.79 Å². The van der Waals surface area contributed by atoms with Gasteiger partial charge in [0.2, 0.25) is 0 Å². The number of allylic oxidation sites excluding steroid dienone is 14. The van der Waals surface area contributed by atoms with Gasteiger partial charge in [0, 0.05) is 12.8 Å². The molecule has 0 saturated heterocycles. The average molecular weight is 1050 g/mol. The maximum Gasteiger partial charge on any atom is 0.361 e. The minimum Gasteiger partial charge on any atom is -0.477 e. The molecule has 0 radical (unpaired) electrons. The molecule has 0 fully saturated rings. The number of carbonyl (C=O) groups excluding carboxylic acids is 2. The molecule has 432 valence electrons. The van der Waals surface area contributed by atoms with Gasteiger partial charge in [-0.1, -0.05) is 240 Å². The third-order valence-electron chi connectivity index (χ3n) is 13.1. The summed E-state index contributed by atoms with van der Waals surface area (Å²) in [5.74, 6) is -2.03. The number of carboxylic acid groups (broad SMARTS) is 1. The van der Waals surface area contributed by atoms with E-state index < -0.39 is 24.3 Å². The summed E-state index contributed by atoms with van der Waals surface area (Å²) in [5, 5.41) is 9.71. The molecule has 0 bridgehead atoms. The molecule has 9 heteroatoms. The first-order chi connectivity index (χ1) is 36.6. The summed E-state index contributed by atoms with van der Waals surface area (Å²) in [6.07, 6.45) is 72.4. The summed E-state index contributed by atoms with van der Waals surface area (Å²) >= 11 is 0. The van der Waals surface area contributed by atoms with Crippen molar-refractivity contribution in [2.75, 3.05) is 47.5 Å². The van der Waals surface area contributed by atoms with Gasteiger partial charge in [0.25, 0.3) is 6.29 Å². The number of hydrogen-bond acceptors (Lipinski definition) is 7. The molecular weight excluding hydrogens is 935 g/mol. The number of nitrogens with zero attached hydrogens (tertiary/aromatic N) is 1. The SMILES string of the molecule is CC/C=C\C/C=C\C/C=C\C/C=C\C/C=C\CCCCCCCC(=O)OC(COC(=O)CCCCCCCCCCCCCCCCCCC/C=C\C/C=C\CCCCCCC)COC(OCC[N+](C)(C)C)C(=O)O. The molecule has 0 spiro atoms. The minimum absolute atomic E-state index is 0.180. The zero-order chi connectivity index (χ0) is 54.8. The lowest BCUT2D eigenvalue weighted by atomic mass is 10.0. The first-order valence-electron chi connectivity index (χ1n) is 30.8. The number of quaternary nitrogens is 1. The van der Waals surface area contributed by atoms with Crippen LogP contribution in [0.15, 0.2) is 85.1 Å². The highest BCUT2D eigenvalue weighted by atomic mass is 16.7. The van der Waals surface area contributed by atoms with E-state index in [4.69, 9.17) is 18.9 Å². The largest absolute Gasteiger partial charge is 0.477 e. The summed E-state index contributed by atoms with van der Waals surface area (Å²) in [6, 6.07) is 0. The van der Waals surface area contributed by atoms with Crippen molar-refractivity contribution in [3.63, 3.8) is 0 Å². The number of unbranched alkanes of at least 4 members (excludes halogenated alkanes) is 27. The number of aliphatic carboxylic acids is 1. The number of carbonyl (C=O) groups is 3. The summed E-state index contributed by atoms with van der Waals surface area (Å²) in [6.45, 7) is 4.74. The second-order valence-corrected chi connectivity index (χ2v) is 21.6. The predicted molar refractivity (Wildman–Crippen MR) is 318 cm³/mol. The van der Waals surface area contributed by atoms with Crippen LogP contribution in [0, 0.1) is 0 Å². The molecule has 0 aliphatic heterocycles. The monoisotopic (exact) mass is 1050 g/mol. The van der Waals surface area contributed by atoms with E-state index in [1.54, 1.807) is 0 Å². The molecule has 9 nitrogen and oxygen atoms in total. The maximum atomic E-state index is 12.9. The van der Waals surface area contributed by atoms with Gasteiger partial charge in [-0.2, -0.15) is 0 Å². The van der Waals surface area contributed by atoms with Crippen molar-refractivity contribution >= 4 is 17.9 Å². The zero-order valence-electron chi connectivity index (χ0n) is 49.2. The lowest BCUT2D eigenvalue weighted by Crippen LogP contribution is -2.40. The molecule has 1 N–H and O–H groups in total. The van der Waals surface area contributed by atoms with E-state index in [1.165, 1.54) is 135 Å². The molecule has 0 rings (SSSR count). The first-order valence-corrected chi connectivity index (χ1v) is 30.8. The fourth-order valence-electron chi connectivity index (χ4n) is 8.42. The third kappa shape index (κ3) is 58.0. The van der Waals surface area contributed by atoms with Crippen LogP contribution in [0.3, 0.4) is 0 Å². The number of ether oxygens (including phenoxy) is 4. The third-order valence-corrected chi connectivity index (χ3v) is 13.1. The lowest BCUT2D eigenvalue weighted by Gasteiger charge is -2.25. The van der Waals surface area contributed by atoms with E-state index in [9.17, 15) is 19.5 Å². The van der Waals surface area contributed by atoms with Crippen LogP contribution < -0.4 is 0 Å². The summed E-state index contributed by atoms with van der Waals surface area (Å²) < 4.78 is 22.9. The highest BCUT2D eigenvalue weighted by Crippen LogP contribution is 2.16. The number of hydrogen-bond donors (Lipinski definition) is 1. The minimum atomic E-state index is -1.52. The van der Waals surface area contributed by atoms with E-state index >= 15 is 0 Å². The van der Waals surface area contributed by atoms with Gasteiger partial charge in [0.05, 0.1) is 34.4 Å². The Hall–Kier alpha value is -3.53. The molecular formula is C66H116NO8+. The molecule has 0 aromatic carbocycles. The van der Waals surface area contributed by atoms with Crippen molar-refractivity contribution in [1.82, 2.24) is 0 Å². The van der Waals surface area contributed by atoms with Crippen LogP contribution in [0.4, 0.5) is 0 Å². The Kier molecular flexibility index (Phi) is 54.0. The van der Waals surface area contributed by atoms with Gasteiger partial charge in [-0.15, -0.1) is 0 Å². The molecule has 0 aromatic heterocycles. The predicted octanol–water partition coefficient (Wildman–Crippen LogP) is 18.3. The van der Waals surface area contributed by atoms with Gasteiger partial charge < -0.3 is 28.5 Å². The molecule has 0 saturated carbocycles. The fourth-order valence-corrected chi connectivity index (χ4v) is 8.42. The van der Waals surface area contributed by atoms with Gasteiger partial charge in [0.1, 0.15) is 13.2 Å². The van der Waals surface area contributed by atoms with Crippen LogP contribution in [0.2, 0.25) is 0 Å². The number of likely N-dealkylation sites (N-methyl/N-ethyl adjacent to an activating group) is 1. The Morgan fingerprint density at radius 1 is 0.413 bits per heavy atom. The molecule has 0 aromatic rings. The van der Waals surface area contributed by atoms with Gasteiger partial charge in [-0.05, 0) is 89.9 Å². The van der Waals surface area contributed by atoms with Crippen molar-refractivity contribution in [2.24, 2.45) is 0 Å². The van der Waals surface area contributed by atoms with Crippen LogP contribution in [0.25, 0.3) is 0 Å². The number of esters is 2. The van der Waals surface area contributed by atoms with E-state index in [2.05, 4.69) is 98.9 Å². The molecule has 75 heavy (non-hydrogen) atoms. The lowest BCUT2D eigenvalue weighted by molar-refractivity contribution is -0.870. The summed E-state index contributed by atoms with van der Waals surface area (Å²) in [5.41, 5.74) is 0. The van der Waals surface area contributed by atoms with Crippen LogP contribution >= 0.6 is 0 Å². The van der Waals surface area contributed by atoms with Crippen LogP contribution in [-0.4, -0.2) is 87.4 Å². The Morgan fingerprint density at radius 2 is 0.760 bits per heavy atom. The zero-order valence-corrected chi connectivity index (χ0v) is 49.2. The highest BCUT2D eigenvalue weighted by molar-refractivity contribution is 5.71. The normalized spacial score (nSPS) is 13.3. The molecule has 0 amide bonds. The molecule has 2 atom stereocenters. The van der Waals surface area contributed by atoms with Gasteiger partial charge in [0.15, 0.2) is 6.10 Å². The first kappa shape index (κ1) is 71.5. The van der Waals surface area contributed by atoms with Crippen LogP contribution in [0.5, 0.6) is 0 Å². The van der Waals surface area contributed by atoms with Crippen LogP contribution in [-0.2, 0) is 33.3 Å². The highest BCUT2D eigenvalue weighted by Gasteiger charge is 2.25. The Bertz CT molecular complexity index is 1500. The molecule has 0 aliphatic rings. The molecule has 2 unspecified atom stereocenters. The average Bonchev–Trinajstić information content (AvgIpc) is 3.38. The van der Waals surface area contributed by atoms with E-state index in [0.29, 0.717) is 23.9 Å². The summed E-state index contributed by atoms with van der Waals surface area (Å²) in [7, 11) is 5.96. The Morgan fingerprint density at radius 3 is 1.13 bits per heavy atom. The van der Waals surface area contributed by atoms with Crippen LogP contribution in [0.1, 0.15) is 258 Å². The smallest absolute Gasteiger partial charge is 0.361 e. The quantitative estimate of drug-likeness (QED) is 0.0211. The maximum absolute atomic E-state index is 12.9. The van der Waals surface area contributed by atoms with Gasteiger partial charge in [-0.3, -0.25) is 9.59 Å². The second-order valence-electron chi connectivity index (χ2n) is 21.6. The van der Waals surface area contributed by atoms with Crippen molar-refractivity contribution in [3.8, 4) is 0 Å². The van der Waals surface area contributed by atoms with E-state index in [1.807, 2.05) is 21.1 Å². The second kappa shape index (κ2) is 56.7. The molecule has 0 aliphatic carbocycles. The van der Waals surface area contributed by atoms with Crippen molar-refractivity contribution in [3.05, 3.63) is 85.1 Å². The van der Waals surface area contributed by atoms with Crippen molar-refractivity contribution < 1.29 is 42.9 Å². The topological polar surface area (TPSA) is 108 Å². The number of carboxylic acids is 1. The molecule has 0 heterocycles. The Balaban J connectivity index is 4.20. The fraction of sp³-hybridized carbons (Fsp3) is 0.742. The standard InChI is InChI=1S/C66H115NO8/c1-6-8-10-12-14-16-18-20-22-24-26-28-29-30-31-32-33-34-35-37-38-40-42-44-46-48-50-52-54-56-63(68)73-60-62(61-74-66(65(70)71)72-59-58-67(3,4)5)75-64(69)57-55-53-51-49-47-45-43-41-39-36-27-25-23-21-19-17-15-13-11-9-7-2/h9,11,15,17-18,20-21,23-24,26-27,36,41,43,62,66H,6-8,10,12-14,16,19,22,25,28-35,37-40,42,44-61H2,1-5H3/p+1/b11-9-,17-15-,20-18-,23-21-,26-24-,36-27-,43-41-.